The number of hydrogen-bond acceptors (Lipinski definition) is 6. The number of anilines is 1. The lowest BCUT2D eigenvalue weighted by Gasteiger charge is -2.35. The van der Waals surface area contributed by atoms with Crippen LogP contribution in [0.4, 0.5) is 23.8 Å². The second kappa shape index (κ2) is 7.87. The van der Waals surface area contributed by atoms with E-state index in [2.05, 4.69) is 15.0 Å². The third-order valence-electron chi connectivity index (χ3n) is 3.62. The summed E-state index contributed by atoms with van der Waals surface area (Å²) in [4.78, 5) is 29.9. The van der Waals surface area contributed by atoms with Crippen LogP contribution in [0, 0.1) is 0 Å². The molecule has 0 aromatic carbocycles. The highest BCUT2D eigenvalue weighted by atomic mass is 35.5. The van der Waals surface area contributed by atoms with Crippen molar-refractivity contribution in [3.05, 3.63) is 22.8 Å². The Morgan fingerprint density at radius 3 is 2.48 bits per heavy atom. The molecule has 7 nitrogen and oxygen atoms in total. The fourth-order valence-corrected chi connectivity index (χ4v) is 2.63. The average molecular weight is 381 g/mol. The van der Waals surface area contributed by atoms with E-state index in [1.165, 1.54) is 0 Å². The second-order valence-corrected chi connectivity index (χ2v) is 5.74. The number of ether oxygens (including phenoxy) is 1. The fraction of sp³-hybridized carbons (Fsp3) is 0.500. The maximum Gasteiger partial charge on any atom is 0.417 e. The van der Waals surface area contributed by atoms with E-state index >= 15 is 0 Å². The maximum atomic E-state index is 12.6. The third-order valence-corrected chi connectivity index (χ3v) is 3.89. The number of pyridine rings is 1. The van der Waals surface area contributed by atoms with Gasteiger partial charge in [-0.15, -0.1) is 0 Å². The van der Waals surface area contributed by atoms with E-state index in [-0.39, 0.29) is 17.4 Å². The first-order valence-electron chi connectivity index (χ1n) is 7.28. The van der Waals surface area contributed by atoms with Crippen LogP contribution >= 0.6 is 11.6 Å². The van der Waals surface area contributed by atoms with Gasteiger partial charge in [-0.05, 0) is 6.07 Å². The molecule has 1 fully saturated rings. The van der Waals surface area contributed by atoms with Gasteiger partial charge in [-0.2, -0.15) is 13.2 Å². The van der Waals surface area contributed by atoms with E-state index in [4.69, 9.17) is 11.6 Å². The predicted octanol–water partition coefficient (Wildman–Crippen LogP) is 1.76. The molecule has 1 aromatic heterocycles. The Hall–Kier alpha value is -2.07. The Labute approximate surface area is 146 Å². The van der Waals surface area contributed by atoms with Crippen LogP contribution < -0.4 is 10.2 Å². The molecule has 0 atom stereocenters. The molecule has 25 heavy (non-hydrogen) atoms. The van der Waals surface area contributed by atoms with Gasteiger partial charge in [0, 0.05) is 32.4 Å². The molecular formula is C14H16ClF3N4O3. The number of nitrogens with one attached hydrogen (secondary N) is 1. The normalized spacial score (nSPS) is 15.8. The zero-order valence-electron chi connectivity index (χ0n) is 13.3. The summed E-state index contributed by atoms with van der Waals surface area (Å²) < 4.78 is 42.3. The first-order chi connectivity index (χ1) is 11.7. The summed E-state index contributed by atoms with van der Waals surface area (Å²) in [6.07, 6.45) is -4.58. The minimum Gasteiger partial charge on any atom is -0.453 e. The van der Waals surface area contributed by atoms with Crippen molar-refractivity contribution in [3.63, 3.8) is 0 Å². The molecule has 1 aromatic rings. The van der Waals surface area contributed by atoms with Crippen LogP contribution in [0.1, 0.15) is 5.56 Å². The zero-order chi connectivity index (χ0) is 18.6. The Kier molecular flexibility index (Phi) is 6.07. The van der Waals surface area contributed by atoms with Gasteiger partial charge in [-0.1, -0.05) is 11.6 Å². The van der Waals surface area contributed by atoms with Gasteiger partial charge in [0.25, 0.3) is 0 Å². The van der Waals surface area contributed by atoms with Crippen molar-refractivity contribution in [2.75, 3.05) is 44.7 Å². The minimum absolute atomic E-state index is 0.0110. The van der Waals surface area contributed by atoms with Gasteiger partial charge in [0.05, 0.1) is 24.2 Å². The molecular weight excluding hydrogens is 365 g/mol. The number of rotatable bonds is 3. The summed E-state index contributed by atoms with van der Waals surface area (Å²) in [6.45, 7) is 1.81. The summed E-state index contributed by atoms with van der Waals surface area (Å²) in [5.41, 5.74) is -0.903. The van der Waals surface area contributed by atoms with Gasteiger partial charge >= 0.3 is 12.3 Å². The first kappa shape index (κ1) is 19.3. The minimum atomic E-state index is -4.50. The quantitative estimate of drug-likeness (QED) is 0.861. The lowest BCUT2D eigenvalue weighted by Crippen LogP contribution is -2.50. The molecule has 2 amide bonds. The van der Waals surface area contributed by atoms with Crippen molar-refractivity contribution in [2.45, 2.75) is 6.18 Å². The van der Waals surface area contributed by atoms with E-state index < -0.39 is 23.7 Å². The monoisotopic (exact) mass is 380 g/mol. The molecule has 0 aliphatic carbocycles. The van der Waals surface area contributed by atoms with Crippen molar-refractivity contribution < 1.29 is 27.5 Å². The maximum absolute atomic E-state index is 12.6. The van der Waals surface area contributed by atoms with Crippen LogP contribution in [0.3, 0.4) is 0 Å². The zero-order valence-corrected chi connectivity index (χ0v) is 14.0. The van der Waals surface area contributed by atoms with E-state index in [9.17, 15) is 22.8 Å². The standard InChI is InChI=1S/C14H16ClF3N4O3/c1-25-13(24)20-11(23)8-21-2-4-22(5-3-21)12-10(15)6-9(7-19-12)14(16,17)18/h6-7H,2-5,8H2,1H3,(H,20,23,24). The molecule has 1 aliphatic heterocycles. The first-order valence-corrected chi connectivity index (χ1v) is 7.66. The topological polar surface area (TPSA) is 74.8 Å². The fourth-order valence-electron chi connectivity index (χ4n) is 2.34. The largest absolute Gasteiger partial charge is 0.453 e. The molecule has 1 N–H and O–H groups in total. The molecule has 0 bridgehead atoms. The Balaban J connectivity index is 1.92. The molecule has 2 rings (SSSR count). The van der Waals surface area contributed by atoms with Gasteiger partial charge in [0.1, 0.15) is 5.82 Å². The van der Waals surface area contributed by atoms with Crippen LogP contribution in [-0.2, 0) is 15.7 Å². The average Bonchev–Trinajstić information content (AvgIpc) is 2.54. The highest BCUT2D eigenvalue weighted by molar-refractivity contribution is 6.33. The summed E-state index contributed by atoms with van der Waals surface area (Å²) in [7, 11) is 1.15. The summed E-state index contributed by atoms with van der Waals surface area (Å²) in [6, 6.07) is 0.847. The smallest absolute Gasteiger partial charge is 0.417 e. The van der Waals surface area contributed by atoms with Crippen molar-refractivity contribution in [3.8, 4) is 0 Å². The number of alkyl carbamates (subject to hydrolysis) is 1. The molecule has 1 saturated heterocycles. The number of carbonyl (C=O) groups excluding carboxylic acids is 2. The number of nitrogens with zero attached hydrogens (tertiary/aromatic N) is 3. The third kappa shape index (κ3) is 5.20. The molecule has 0 unspecified atom stereocenters. The van der Waals surface area contributed by atoms with Gasteiger partial charge in [-0.25, -0.2) is 9.78 Å². The highest BCUT2D eigenvalue weighted by Gasteiger charge is 2.32. The summed E-state index contributed by atoms with van der Waals surface area (Å²) in [5.74, 6) is -0.223. The Morgan fingerprint density at radius 2 is 1.96 bits per heavy atom. The SMILES string of the molecule is COC(=O)NC(=O)CN1CCN(c2ncc(C(F)(F)F)cc2Cl)CC1. The van der Waals surface area contributed by atoms with Gasteiger partial charge in [-0.3, -0.25) is 15.0 Å². The van der Waals surface area contributed by atoms with E-state index in [1.807, 2.05) is 0 Å². The van der Waals surface area contributed by atoms with Gasteiger partial charge < -0.3 is 9.64 Å². The number of imide groups is 1. The second-order valence-electron chi connectivity index (χ2n) is 5.33. The van der Waals surface area contributed by atoms with Crippen LogP contribution in [-0.4, -0.2) is 61.7 Å². The van der Waals surface area contributed by atoms with Crippen LogP contribution in [0.25, 0.3) is 0 Å². The molecule has 11 heteroatoms. The molecule has 2 heterocycles. The van der Waals surface area contributed by atoms with Crippen LogP contribution in [0.2, 0.25) is 5.02 Å². The number of piperazine rings is 1. The molecule has 0 saturated carbocycles. The van der Waals surface area contributed by atoms with Crippen molar-refractivity contribution in [1.29, 1.82) is 0 Å². The van der Waals surface area contributed by atoms with Crippen molar-refractivity contribution in [1.82, 2.24) is 15.2 Å². The molecule has 0 radical (unpaired) electrons. The number of aromatic nitrogens is 1. The lowest BCUT2D eigenvalue weighted by atomic mass is 10.2. The van der Waals surface area contributed by atoms with Crippen molar-refractivity contribution in [2.24, 2.45) is 0 Å². The van der Waals surface area contributed by atoms with Gasteiger partial charge in [0.15, 0.2) is 0 Å². The summed E-state index contributed by atoms with van der Waals surface area (Å²) >= 11 is 5.93. The number of carbonyl (C=O) groups is 2. The molecule has 1 aliphatic rings. The Morgan fingerprint density at radius 1 is 1.32 bits per heavy atom. The molecule has 138 valence electrons. The van der Waals surface area contributed by atoms with Crippen molar-refractivity contribution >= 4 is 29.4 Å². The van der Waals surface area contributed by atoms with E-state index in [0.29, 0.717) is 26.2 Å². The Bertz CT molecular complexity index is 649. The highest BCUT2D eigenvalue weighted by Crippen LogP contribution is 2.33. The van der Waals surface area contributed by atoms with E-state index in [0.717, 1.165) is 19.4 Å². The summed E-state index contributed by atoms with van der Waals surface area (Å²) in [5, 5.41) is 1.98. The van der Waals surface area contributed by atoms with Crippen LogP contribution in [0.5, 0.6) is 0 Å². The molecule has 0 spiro atoms. The number of methoxy groups -OCH3 is 1. The number of alkyl halides is 3. The number of halogens is 4. The van der Waals surface area contributed by atoms with E-state index in [1.54, 1.807) is 9.80 Å². The van der Waals surface area contributed by atoms with Crippen LogP contribution in [0.15, 0.2) is 12.3 Å². The number of amides is 2. The number of hydrogen-bond donors (Lipinski definition) is 1. The van der Waals surface area contributed by atoms with Gasteiger partial charge in [0.2, 0.25) is 5.91 Å². The predicted molar refractivity (Wildman–Crippen MR) is 83.4 cm³/mol. The lowest BCUT2D eigenvalue weighted by molar-refractivity contribution is -0.137.